The summed E-state index contributed by atoms with van der Waals surface area (Å²) >= 11 is 0. The molecule has 2 aliphatic rings. The van der Waals surface area contributed by atoms with E-state index in [1.54, 1.807) is 6.08 Å². The van der Waals surface area contributed by atoms with Crippen LogP contribution in [0.3, 0.4) is 0 Å². The van der Waals surface area contributed by atoms with Gasteiger partial charge in [-0.2, -0.15) is 9.35 Å². The van der Waals surface area contributed by atoms with Crippen molar-refractivity contribution in [2.24, 2.45) is 0 Å². The summed E-state index contributed by atoms with van der Waals surface area (Å²) < 4.78 is 41.0. The summed E-state index contributed by atoms with van der Waals surface area (Å²) in [6, 6.07) is -1.34. The first-order valence-electron chi connectivity index (χ1n) is 5.28. The Hall–Kier alpha value is -0.910. The molecule has 11 heteroatoms. The molecule has 2 amide bonds. The van der Waals surface area contributed by atoms with Gasteiger partial charge in [-0.1, -0.05) is 0 Å². The van der Waals surface area contributed by atoms with Crippen LogP contribution in [-0.2, 0) is 14.7 Å². The summed E-state index contributed by atoms with van der Waals surface area (Å²) in [6.45, 7) is 0.465. The summed E-state index contributed by atoms with van der Waals surface area (Å²) in [7, 11) is -4.99. The third-order valence-corrected chi connectivity index (χ3v) is 3.14. The van der Waals surface area contributed by atoms with E-state index in [4.69, 9.17) is 4.42 Å². The number of aromatic nitrogens is 1. The molecule has 1 aromatic rings. The first-order valence-corrected chi connectivity index (χ1v) is 6.61. The second-order valence-corrected chi connectivity index (χ2v) is 5.03. The number of fused-ring (bicyclic) bond motifs is 2. The molecule has 3 heterocycles. The van der Waals surface area contributed by atoms with Crippen LogP contribution in [0.5, 0.6) is 0 Å². The Balaban J connectivity index is 0.00000147. The SMILES string of the molecule is O=C1N2CC(c3ncco3)=CC(C2)N1OS(=O)(=O)[O-].[Na+]. The predicted octanol–water partition coefficient (Wildman–Crippen LogP) is -3.43. The summed E-state index contributed by atoms with van der Waals surface area (Å²) in [4.78, 5) is 17.1. The molecule has 0 aliphatic carbocycles. The quantitative estimate of drug-likeness (QED) is 0.324. The predicted molar refractivity (Wildman–Crippen MR) is 57.9 cm³/mol. The van der Waals surface area contributed by atoms with Crippen LogP contribution >= 0.6 is 0 Å². The molecule has 0 radical (unpaired) electrons. The normalized spacial score (nSPS) is 21.8. The van der Waals surface area contributed by atoms with E-state index in [0.717, 1.165) is 0 Å². The molecular weight excluding hydrogens is 301 g/mol. The fourth-order valence-electron chi connectivity index (χ4n) is 2.11. The van der Waals surface area contributed by atoms with Crippen LogP contribution in [0.2, 0.25) is 0 Å². The van der Waals surface area contributed by atoms with E-state index in [0.29, 0.717) is 16.5 Å². The van der Waals surface area contributed by atoms with Crippen LogP contribution in [0.25, 0.3) is 5.57 Å². The molecule has 1 unspecified atom stereocenters. The van der Waals surface area contributed by atoms with Crippen molar-refractivity contribution in [2.45, 2.75) is 6.04 Å². The van der Waals surface area contributed by atoms with Gasteiger partial charge in [-0.3, -0.25) is 0 Å². The largest absolute Gasteiger partial charge is 1.00 e. The monoisotopic (exact) mass is 309 g/mol. The second kappa shape index (κ2) is 5.47. The number of amides is 2. The van der Waals surface area contributed by atoms with Crippen molar-refractivity contribution in [3.8, 4) is 0 Å². The number of carbonyl (C=O) groups is 1. The third kappa shape index (κ3) is 2.90. The molecule has 1 fully saturated rings. The zero-order chi connectivity index (χ0) is 13.6. The third-order valence-electron chi connectivity index (χ3n) is 2.80. The number of nitrogens with zero attached hydrogens (tertiary/aromatic N) is 3. The van der Waals surface area contributed by atoms with Crippen molar-refractivity contribution >= 4 is 22.0 Å². The van der Waals surface area contributed by atoms with E-state index >= 15 is 0 Å². The van der Waals surface area contributed by atoms with Crippen molar-refractivity contribution in [1.82, 2.24) is 14.9 Å². The van der Waals surface area contributed by atoms with Crippen LogP contribution < -0.4 is 29.6 Å². The van der Waals surface area contributed by atoms with Gasteiger partial charge in [0.1, 0.15) is 6.26 Å². The fourth-order valence-corrected chi connectivity index (χ4v) is 2.48. The average Bonchev–Trinajstić information content (AvgIpc) is 2.92. The van der Waals surface area contributed by atoms with Gasteiger partial charge in [0.15, 0.2) is 0 Å². The average molecular weight is 309 g/mol. The van der Waals surface area contributed by atoms with E-state index < -0.39 is 22.5 Å². The Kier molecular flexibility index (Phi) is 4.23. The van der Waals surface area contributed by atoms with Gasteiger partial charge in [-0.05, 0) is 6.08 Å². The van der Waals surface area contributed by atoms with Crippen LogP contribution in [0.15, 0.2) is 23.0 Å². The van der Waals surface area contributed by atoms with Crippen molar-refractivity contribution in [3.63, 3.8) is 0 Å². The minimum atomic E-state index is -4.99. The summed E-state index contributed by atoms with van der Waals surface area (Å²) in [5, 5.41) is 0.554. The smallest absolute Gasteiger partial charge is 0.724 e. The van der Waals surface area contributed by atoms with E-state index in [2.05, 4.69) is 9.27 Å². The minimum absolute atomic E-state index is 0. The maximum absolute atomic E-state index is 11.8. The van der Waals surface area contributed by atoms with E-state index in [1.807, 2.05) is 0 Å². The Bertz CT molecular complexity index is 643. The number of urea groups is 1. The number of oxazole rings is 1. The van der Waals surface area contributed by atoms with Gasteiger partial charge in [0.25, 0.3) is 0 Å². The van der Waals surface area contributed by atoms with Gasteiger partial charge in [0.2, 0.25) is 16.3 Å². The number of hydrogen-bond acceptors (Lipinski definition) is 7. The molecule has 1 atom stereocenters. The van der Waals surface area contributed by atoms with Gasteiger partial charge in [-0.25, -0.2) is 18.2 Å². The van der Waals surface area contributed by atoms with Crippen molar-refractivity contribution < 1.29 is 56.0 Å². The Morgan fingerprint density at radius 1 is 1.50 bits per heavy atom. The molecule has 0 saturated carbocycles. The number of hydrogen-bond donors (Lipinski definition) is 0. The minimum Gasteiger partial charge on any atom is -0.724 e. The molecule has 3 rings (SSSR count). The Labute approximate surface area is 136 Å². The summed E-state index contributed by atoms with van der Waals surface area (Å²) in [5.74, 6) is 0.342. The van der Waals surface area contributed by atoms with E-state index in [1.165, 1.54) is 17.4 Å². The molecule has 1 aromatic heterocycles. The van der Waals surface area contributed by atoms with Gasteiger partial charge < -0.3 is 13.9 Å². The molecule has 0 spiro atoms. The molecule has 1 saturated heterocycles. The molecule has 2 aliphatic heterocycles. The Morgan fingerprint density at radius 2 is 2.25 bits per heavy atom. The van der Waals surface area contributed by atoms with Gasteiger partial charge >= 0.3 is 35.6 Å². The fraction of sp³-hybridized carbons (Fsp3) is 0.333. The number of rotatable bonds is 3. The van der Waals surface area contributed by atoms with Crippen LogP contribution in [0.1, 0.15) is 5.89 Å². The zero-order valence-corrected chi connectivity index (χ0v) is 13.2. The molecule has 9 nitrogen and oxygen atoms in total. The van der Waals surface area contributed by atoms with Gasteiger partial charge in [0, 0.05) is 12.1 Å². The van der Waals surface area contributed by atoms with Crippen LogP contribution in [0, 0.1) is 0 Å². The van der Waals surface area contributed by atoms with Crippen molar-refractivity contribution in [2.75, 3.05) is 13.1 Å². The second-order valence-electron chi connectivity index (χ2n) is 4.07. The summed E-state index contributed by atoms with van der Waals surface area (Å²) in [6.07, 6.45) is 4.44. The van der Waals surface area contributed by atoms with Crippen molar-refractivity contribution in [3.05, 3.63) is 24.4 Å². The van der Waals surface area contributed by atoms with E-state index in [-0.39, 0.29) is 42.6 Å². The molecule has 20 heavy (non-hydrogen) atoms. The summed E-state index contributed by atoms with van der Waals surface area (Å²) in [5.41, 5.74) is 0.629. The maximum atomic E-state index is 11.8. The first-order chi connectivity index (χ1) is 8.94. The van der Waals surface area contributed by atoms with Gasteiger partial charge in [0.05, 0.1) is 18.8 Å². The number of carbonyl (C=O) groups excluding carboxylic acids is 1. The van der Waals surface area contributed by atoms with Crippen LogP contribution in [0.4, 0.5) is 4.79 Å². The molecule has 0 aromatic carbocycles. The zero-order valence-electron chi connectivity index (χ0n) is 10.4. The Morgan fingerprint density at radius 3 is 2.85 bits per heavy atom. The molecule has 0 N–H and O–H groups in total. The standard InChI is InChI=1S/C9H9N3O6S.Na/c13-9-11-4-6(8-10-1-2-17-8)3-7(5-11)12(9)18-19(14,15)16;/h1-3,7H,4-5H2,(H,14,15,16);/q;+1/p-1. The number of hydroxylamine groups is 2. The van der Waals surface area contributed by atoms with Crippen molar-refractivity contribution in [1.29, 1.82) is 0 Å². The van der Waals surface area contributed by atoms with Gasteiger partial charge in [-0.15, -0.1) is 0 Å². The van der Waals surface area contributed by atoms with E-state index in [9.17, 15) is 17.8 Å². The molecule has 2 bridgehead atoms. The first kappa shape index (κ1) is 15.5. The maximum Gasteiger partial charge on any atom is 1.00 e. The topological polar surface area (TPSA) is 116 Å². The van der Waals surface area contributed by atoms with Crippen LogP contribution in [-0.4, -0.2) is 53.1 Å². The molecular formula is C9H8N3NaO6S. The molecule has 102 valence electrons.